The minimum Gasteiger partial charge on any atom is -0.493 e. The Hall–Kier alpha value is -1.54. The molecule has 0 heterocycles. The molecule has 0 saturated carbocycles. The molecule has 1 N–H and O–H groups in total. The number of hydrogen-bond acceptors (Lipinski definition) is 2. The normalized spacial score (nSPS) is 12.6. The van der Waals surface area contributed by atoms with Crippen LogP contribution in [-0.2, 0) is 0 Å². The van der Waals surface area contributed by atoms with Crippen LogP contribution < -0.4 is 4.74 Å². The van der Waals surface area contributed by atoms with Crippen molar-refractivity contribution >= 4 is 12.2 Å². The Labute approximate surface area is 110 Å². The second-order valence-electron chi connectivity index (χ2n) is 4.26. The number of aliphatic hydroxyl groups is 1. The lowest BCUT2D eigenvalue weighted by Gasteiger charge is -2.14. The summed E-state index contributed by atoms with van der Waals surface area (Å²) in [6.07, 6.45) is 6.78. The summed E-state index contributed by atoms with van der Waals surface area (Å²) in [7, 11) is 0. The molecule has 2 nitrogen and oxygen atoms in total. The molecule has 0 aromatic heterocycles. The van der Waals surface area contributed by atoms with Crippen molar-refractivity contribution < 1.29 is 9.84 Å². The van der Waals surface area contributed by atoms with Crippen LogP contribution in [0.15, 0.2) is 30.9 Å². The molecule has 0 bridgehead atoms. The zero-order valence-electron chi connectivity index (χ0n) is 11.2. The third-order valence-corrected chi connectivity index (χ3v) is 2.95. The molecule has 1 aromatic rings. The molecule has 1 aromatic carbocycles. The monoisotopic (exact) mass is 246 g/mol. The summed E-state index contributed by atoms with van der Waals surface area (Å²) in [4.78, 5) is 0. The van der Waals surface area contributed by atoms with E-state index in [4.69, 9.17) is 9.84 Å². The van der Waals surface area contributed by atoms with E-state index in [9.17, 15) is 0 Å². The Morgan fingerprint density at radius 3 is 2.72 bits per heavy atom. The molecule has 1 unspecified atom stereocenters. The average molecular weight is 246 g/mol. The summed E-state index contributed by atoms with van der Waals surface area (Å²) < 4.78 is 5.71. The van der Waals surface area contributed by atoms with Crippen LogP contribution in [0.4, 0.5) is 0 Å². The van der Waals surface area contributed by atoms with Gasteiger partial charge in [-0.2, -0.15) is 0 Å². The molecule has 0 aliphatic heterocycles. The predicted octanol–water partition coefficient (Wildman–Crippen LogP) is 3.76. The quantitative estimate of drug-likeness (QED) is 0.793. The van der Waals surface area contributed by atoms with Gasteiger partial charge in [-0.25, -0.2) is 0 Å². The molecular weight excluding hydrogens is 224 g/mol. The van der Waals surface area contributed by atoms with E-state index < -0.39 is 0 Å². The van der Waals surface area contributed by atoms with Crippen LogP contribution in [0.1, 0.15) is 31.4 Å². The maximum absolute atomic E-state index is 9.12. The van der Waals surface area contributed by atoms with Crippen molar-refractivity contribution in [3.63, 3.8) is 0 Å². The molecular formula is C16H22O2. The number of benzene rings is 1. The topological polar surface area (TPSA) is 29.5 Å². The van der Waals surface area contributed by atoms with E-state index in [1.165, 1.54) is 0 Å². The molecule has 2 heteroatoms. The SMILES string of the molecule is C=Cc1ccc(OCC(CC)CO)cc1/C=C\C. The average Bonchev–Trinajstić information content (AvgIpc) is 2.40. The smallest absolute Gasteiger partial charge is 0.119 e. The molecule has 0 spiro atoms. The van der Waals surface area contributed by atoms with Gasteiger partial charge in [0.2, 0.25) is 0 Å². The summed E-state index contributed by atoms with van der Waals surface area (Å²) >= 11 is 0. The number of hydrogen-bond donors (Lipinski definition) is 1. The van der Waals surface area contributed by atoms with Gasteiger partial charge < -0.3 is 9.84 Å². The van der Waals surface area contributed by atoms with Crippen molar-refractivity contribution in [3.05, 3.63) is 42.0 Å². The van der Waals surface area contributed by atoms with Crippen LogP contribution in [0.3, 0.4) is 0 Å². The second kappa shape index (κ2) is 7.72. The Balaban J connectivity index is 2.78. The van der Waals surface area contributed by atoms with Gasteiger partial charge in [-0.05, 0) is 36.6 Å². The molecule has 0 saturated heterocycles. The molecule has 18 heavy (non-hydrogen) atoms. The van der Waals surface area contributed by atoms with E-state index in [0.29, 0.717) is 6.61 Å². The molecule has 98 valence electrons. The van der Waals surface area contributed by atoms with E-state index >= 15 is 0 Å². The third-order valence-electron chi connectivity index (χ3n) is 2.95. The number of ether oxygens (including phenoxy) is 1. The van der Waals surface area contributed by atoms with Crippen LogP contribution in [0.2, 0.25) is 0 Å². The predicted molar refractivity (Wildman–Crippen MR) is 77.6 cm³/mol. The minimum atomic E-state index is 0.170. The van der Waals surface area contributed by atoms with Gasteiger partial charge in [-0.3, -0.25) is 0 Å². The van der Waals surface area contributed by atoms with Gasteiger partial charge >= 0.3 is 0 Å². The molecule has 1 atom stereocenters. The highest BCUT2D eigenvalue weighted by molar-refractivity contribution is 5.65. The van der Waals surface area contributed by atoms with Crippen LogP contribution in [0, 0.1) is 5.92 Å². The molecule has 0 aliphatic carbocycles. The standard InChI is InChI=1S/C16H22O2/c1-4-7-15-10-16(9-8-14(15)6-3)18-12-13(5-2)11-17/h4,6-10,13,17H,3,5,11-12H2,1-2H3/b7-4-. The Bertz CT molecular complexity index is 404. The molecule has 0 fully saturated rings. The summed E-state index contributed by atoms with van der Waals surface area (Å²) in [5.41, 5.74) is 2.19. The highest BCUT2D eigenvalue weighted by atomic mass is 16.5. The first-order chi connectivity index (χ1) is 8.74. The first kappa shape index (κ1) is 14.5. The molecule has 0 radical (unpaired) electrons. The van der Waals surface area contributed by atoms with Crippen LogP contribution in [0.5, 0.6) is 5.75 Å². The van der Waals surface area contributed by atoms with Crippen molar-refractivity contribution in [2.45, 2.75) is 20.3 Å². The van der Waals surface area contributed by atoms with E-state index in [0.717, 1.165) is 23.3 Å². The van der Waals surface area contributed by atoms with Crippen molar-refractivity contribution in [2.75, 3.05) is 13.2 Å². The lowest BCUT2D eigenvalue weighted by molar-refractivity contribution is 0.160. The lowest BCUT2D eigenvalue weighted by atomic mass is 10.1. The Morgan fingerprint density at radius 2 is 2.17 bits per heavy atom. The van der Waals surface area contributed by atoms with Gasteiger partial charge in [0.15, 0.2) is 0 Å². The largest absolute Gasteiger partial charge is 0.493 e. The second-order valence-corrected chi connectivity index (χ2v) is 4.26. The number of allylic oxidation sites excluding steroid dienone is 1. The van der Waals surface area contributed by atoms with Gasteiger partial charge in [0.1, 0.15) is 5.75 Å². The highest BCUT2D eigenvalue weighted by Gasteiger charge is 2.06. The summed E-state index contributed by atoms with van der Waals surface area (Å²) in [5, 5.41) is 9.12. The fourth-order valence-electron chi connectivity index (χ4n) is 1.67. The fourth-order valence-corrected chi connectivity index (χ4v) is 1.67. The maximum Gasteiger partial charge on any atom is 0.119 e. The van der Waals surface area contributed by atoms with Crippen molar-refractivity contribution in [1.29, 1.82) is 0 Å². The molecule has 0 aliphatic rings. The van der Waals surface area contributed by atoms with Gasteiger partial charge in [-0.1, -0.05) is 37.8 Å². The minimum absolute atomic E-state index is 0.170. The summed E-state index contributed by atoms with van der Waals surface area (Å²) in [6.45, 7) is 8.55. The van der Waals surface area contributed by atoms with Crippen LogP contribution in [-0.4, -0.2) is 18.3 Å². The van der Waals surface area contributed by atoms with Crippen LogP contribution >= 0.6 is 0 Å². The summed E-state index contributed by atoms with van der Waals surface area (Å²) in [6, 6.07) is 5.94. The number of rotatable bonds is 7. The van der Waals surface area contributed by atoms with Crippen molar-refractivity contribution in [2.24, 2.45) is 5.92 Å². The Morgan fingerprint density at radius 1 is 1.39 bits per heavy atom. The molecule has 1 rings (SSSR count). The van der Waals surface area contributed by atoms with Crippen molar-refractivity contribution in [1.82, 2.24) is 0 Å². The molecule has 0 amide bonds. The maximum atomic E-state index is 9.12. The van der Waals surface area contributed by atoms with Crippen LogP contribution in [0.25, 0.3) is 12.2 Å². The summed E-state index contributed by atoms with van der Waals surface area (Å²) in [5.74, 6) is 1.04. The van der Waals surface area contributed by atoms with Gasteiger partial charge in [0.05, 0.1) is 6.61 Å². The lowest BCUT2D eigenvalue weighted by Crippen LogP contribution is -2.15. The van der Waals surface area contributed by atoms with E-state index in [1.807, 2.05) is 43.4 Å². The third kappa shape index (κ3) is 4.04. The Kier molecular flexibility index (Phi) is 6.23. The van der Waals surface area contributed by atoms with E-state index in [2.05, 4.69) is 13.5 Å². The van der Waals surface area contributed by atoms with Crippen molar-refractivity contribution in [3.8, 4) is 5.75 Å². The van der Waals surface area contributed by atoms with Gasteiger partial charge in [0, 0.05) is 12.5 Å². The zero-order valence-corrected chi connectivity index (χ0v) is 11.2. The highest BCUT2D eigenvalue weighted by Crippen LogP contribution is 2.21. The first-order valence-corrected chi connectivity index (χ1v) is 6.38. The van der Waals surface area contributed by atoms with Gasteiger partial charge in [0.25, 0.3) is 0 Å². The zero-order chi connectivity index (χ0) is 13.4. The van der Waals surface area contributed by atoms with E-state index in [-0.39, 0.29) is 12.5 Å². The number of aliphatic hydroxyl groups excluding tert-OH is 1. The first-order valence-electron chi connectivity index (χ1n) is 6.38. The van der Waals surface area contributed by atoms with E-state index in [1.54, 1.807) is 0 Å². The van der Waals surface area contributed by atoms with Gasteiger partial charge in [-0.15, -0.1) is 0 Å². The fraction of sp³-hybridized carbons (Fsp3) is 0.375.